The lowest BCUT2D eigenvalue weighted by molar-refractivity contribution is -0.691. The highest BCUT2D eigenvalue weighted by atomic mass is 16.3. The summed E-state index contributed by atoms with van der Waals surface area (Å²) in [6.45, 7) is 4.53. The SMILES string of the molecule is C[C@H](N=C([O-])C[n+]1ccc(-c2cc[n+](CC(O)=[NH+][C@H](C)c3ccccc3)cc2)cc1)c1cccc2ccccc12. The summed E-state index contributed by atoms with van der Waals surface area (Å²) in [4.78, 5) is 7.61. The number of nitrogens with one attached hydrogen (secondary N) is 1. The van der Waals surface area contributed by atoms with Crippen LogP contribution in [0.3, 0.4) is 0 Å². The lowest BCUT2D eigenvalue weighted by atomic mass is 10.00. The van der Waals surface area contributed by atoms with Crippen molar-refractivity contribution in [2.75, 3.05) is 0 Å². The van der Waals surface area contributed by atoms with E-state index in [0.29, 0.717) is 6.54 Å². The van der Waals surface area contributed by atoms with Crippen LogP contribution in [0.2, 0.25) is 0 Å². The maximum absolute atomic E-state index is 12.7. The van der Waals surface area contributed by atoms with Gasteiger partial charge in [0.2, 0.25) is 0 Å². The van der Waals surface area contributed by atoms with Crippen molar-refractivity contribution in [3.63, 3.8) is 0 Å². The Morgan fingerprint density at radius 3 is 2.00 bits per heavy atom. The van der Waals surface area contributed by atoms with E-state index in [4.69, 9.17) is 0 Å². The topological polar surface area (TPSA) is 77.4 Å². The zero-order valence-electron chi connectivity index (χ0n) is 22.8. The monoisotopic (exact) mass is 530 g/mol. The Morgan fingerprint density at radius 2 is 1.32 bits per heavy atom. The Kier molecular flexibility index (Phi) is 8.26. The molecule has 40 heavy (non-hydrogen) atoms. The zero-order valence-corrected chi connectivity index (χ0v) is 22.8. The van der Waals surface area contributed by atoms with E-state index in [0.717, 1.165) is 33.0 Å². The predicted octanol–water partition coefficient (Wildman–Crippen LogP) is 3.40. The molecule has 200 valence electrons. The fourth-order valence-electron chi connectivity index (χ4n) is 4.90. The van der Waals surface area contributed by atoms with Gasteiger partial charge in [-0.1, -0.05) is 72.8 Å². The number of fused-ring (bicyclic) bond motifs is 1. The van der Waals surface area contributed by atoms with Crippen molar-refractivity contribution in [3.05, 3.63) is 133 Å². The van der Waals surface area contributed by atoms with E-state index < -0.39 is 0 Å². The molecule has 0 fully saturated rings. The molecule has 0 amide bonds. The van der Waals surface area contributed by atoms with Gasteiger partial charge in [0.25, 0.3) is 6.54 Å². The molecule has 2 N–H and O–H groups in total. The molecular weight excluding hydrogens is 496 g/mol. The van der Waals surface area contributed by atoms with Crippen LogP contribution < -0.4 is 19.2 Å². The molecule has 0 spiro atoms. The number of benzene rings is 3. The summed E-state index contributed by atoms with van der Waals surface area (Å²) < 4.78 is 3.77. The Labute approximate surface area is 234 Å². The molecule has 6 nitrogen and oxygen atoms in total. The zero-order chi connectivity index (χ0) is 27.9. The highest BCUT2D eigenvalue weighted by Gasteiger charge is 2.16. The predicted molar refractivity (Wildman–Crippen MR) is 156 cm³/mol. The van der Waals surface area contributed by atoms with Gasteiger partial charge in [0.1, 0.15) is 0 Å². The summed E-state index contributed by atoms with van der Waals surface area (Å²) in [5.41, 5.74) is 4.26. The highest BCUT2D eigenvalue weighted by Crippen LogP contribution is 2.26. The third-order valence-electron chi connectivity index (χ3n) is 7.06. The van der Waals surface area contributed by atoms with Crippen LogP contribution in [-0.2, 0) is 13.1 Å². The fraction of sp³-hybridized carbons (Fsp3) is 0.176. The molecule has 5 aromatic rings. The second-order valence-corrected chi connectivity index (χ2v) is 10.0. The summed E-state index contributed by atoms with van der Waals surface area (Å²) in [6, 6.07) is 32.1. The van der Waals surface area contributed by atoms with E-state index in [-0.39, 0.29) is 30.4 Å². The fourth-order valence-corrected chi connectivity index (χ4v) is 4.90. The van der Waals surface area contributed by atoms with Gasteiger partial charge in [-0.25, -0.2) is 9.56 Å². The van der Waals surface area contributed by atoms with Gasteiger partial charge >= 0.3 is 5.90 Å². The molecule has 2 aromatic heterocycles. The maximum atomic E-state index is 12.7. The van der Waals surface area contributed by atoms with Crippen LogP contribution in [-0.4, -0.2) is 16.9 Å². The van der Waals surface area contributed by atoms with Crippen LogP contribution >= 0.6 is 0 Å². The molecule has 2 heterocycles. The normalized spacial score (nSPS) is 13.8. The Morgan fingerprint density at radius 1 is 0.750 bits per heavy atom. The number of hydrogen-bond donors (Lipinski definition) is 2. The van der Waals surface area contributed by atoms with Crippen LogP contribution in [0.5, 0.6) is 0 Å². The van der Waals surface area contributed by atoms with Gasteiger partial charge in [-0.3, -0.25) is 4.99 Å². The molecule has 0 saturated heterocycles. The van der Waals surface area contributed by atoms with Crippen molar-refractivity contribution < 1.29 is 24.3 Å². The van der Waals surface area contributed by atoms with Gasteiger partial charge in [0, 0.05) is 42.7 Å². The number of nitrogens with zero attached hydrogens (tertiary/aromatic N) is 3. The van der Waals surface area contributed by atoms with Crippen LogP contribution in [0, 0.1) is 0 Å². The molecule has 6 heteroatoms. The molecule has 5 rings (SSSR count). The first kappa shape index (κ1) is 26.8. The van der Waals surface area contributed by atoms with Crippen LogP contribution in [0.4, 0.5) is 0 Å². The largest absolute Gasteiger partial charge is 0.858 e. The van der Waals surface area contributed by atoms with Gasteiger partial charge in [0.15, 0.2) is 37.4 Å². The second-order valence-electron chi connectivity index (χ2n) is 10.0. The molecule has 0 bridgehead atoms. The number of hydrogen-bond acceptors (Lipinski definition) is 2. The number of aliphatic imine (C=N–C) groups is 1. The average molecular weight is 531 g/mol. The molecule has 0 unspecified atom stereocenters. The first-order valence-electron chi connectivity index (χ1n) is 13.5. The third kappa shape index (κ3) is 6.59. The Hall–Kier alpha value is -4.84. The van der Waals surface area contributed by atoms with E-state index in [1.54, 1.807) is 0 Å². The number of pyridine rings is 2. The number of aliphatic hydroxyl groups excluding tert-OH is 1. The standard InChI is InChI=1S/C34H32N4O2/c1-25(27-9-4-3-5-10-27)35-33(39)23-37-19-15-28(16-20-37)29-17-21-38(22-18-29)24-34(40)36-26(2)31-14-8-12-30-11-6-7-13-32(30)31/h3-22,25-26H,23-24H2,1-2H3/p+2/t25-,26+/m1/s1. The maximum Gasteiger partial charge on any atom is 0.400 e. The Balaban J connectivity index is 1.20. The Bertz CT molecular complexity index is 1620. The lowest BCUT2D eigenvalue weighted by Gasteiger charge is -2.15. The molecule has 0 aliphatic heterocycles. The van der Waals surface area contributed by atoms with E-state index in [1.807, 2.05) is 127 Å². The first-order chi connectivity index (χ1) is 19.5. The van der Waals surface area contributed by atoms with Crippen molar-refractivity contribution in [2.24, 2.45) is 4.99 Å². The molecule has 3 aromatic carbocycles. The minimum Gasteiger partial charge on any atom is -0.858 e. The molecule has 2 atom stereocenters. The summed E-state index contributed by atoms with van der Waals surface area (Å²) in [6.07, 6.45) is 7.69. The van der Waals surface area contributed by atoms with E-state index in [1.165, 1.54) is 0 Å². The van der Waals surface area contributed by atoms with Gasteiger partial charge < -0.3 is 10.2 Å². The van der Waals surface area contributed by atoms with E-state index in [9.17, 15) is 10.2 Å². The van der Waals surface area contributed by atoms with Crippen molar-refractivity contribution in [1.29, 1.82) is 0 Å². The van der Waals surface area contributed by atoms with Gasteiger partial charge in [-0.15, -0.1) is 0 Å². The minimum atomic E-state index is -0.220. The number of rotatable bonds is 9. The van der Waals surface area contributed by atoms with E-state index >= 15 is 0 Å². The van der Waals surface area contributed by atoms with Crippen molar-refractivity contribution in [1.82, 2.24) is 0 Å². The first-order valence-corrected chi connectivity index (χ1v) is 13.5. The van der Waals surface area contributed by atoms with Crippen molar-refractivity contribution in [3.8, 4) is 11.1 Å². The van der Waals surface area contributed by atoms with Crippen LogP contribution in [0.15, 0.2) is 127 Å². The average Bonchev–Trinajstić information content (AvgIpc) is 2.98. The summed E-state index contributed by atoms with van der Waals surface area (Å²) >= 11 is 0. The third-order valence-corrected chi connectivity index (χ3v) is 7.06. The molecule has 0 saturated carbocycles. The second kappa shape index (κ2) is 12.3. The van der Waals surface area contributed by atoms with Crippen molar-refractivity contribution >= 4 is 22.6 Å². The van der Waals surface area contributed by atoms with E-state index in [2.05, 4.69) is 28.2 Å². The summed E-state index contributed by atoms with van der Waals surface area (Å²) in [7, 11) is 0. The van der Waals surface area contributed by atoms with Crippen LogP contribution in [0.1, 0.15) is 37.1 Å². The molecule has 0 aliphatic rings. The van der Waals surface area contributed by atoms with Gasteiger partial charge in [-0.2, -0.15) is 4.57 Å². The van der Waals surface area contributed by atoms with Gasteiger partial charge in [0.05, 0.1) is 6.04 Å². The summed E-state index contributed by atoms with van der Waals surface area (Å²) in [5.74, 6) is 0.0462. The molecule has 0 radical (unpaired) electrons. The number of aliphatic hydroxyl groups is 1. The minimum absolute atomic E-state index is 0.0122. The lowest BCUT2D eigenvalue weighted by Crippen LogP contribution is -2.75. The highest BCUT2D eigenvalue weighted by molar-refractivity contribution is 5.86. The number of aromatic nitrogens is 2. The van der Waals surface area contributed by atoms with Crippen LogP contribution in [0.25, 0.3) is 21.9 Å². The smallest absolute Gasteiger partial charge is 0.400 e. The summed E-state index contributed by atoms with van der Waals surface area (Å²) in [5, 5.41) is 25.5. The molecule has 0 aliphatic carbocycles. The van der Waals surface area contributed by atoms with Gasteiger partial charge in [-0.05, 0) is 34.4 Å². The molecular formula is C34H34N4O2+2. The quantitative estimate of drug-likeness (QED) is 0.174. The van der Waals surface area contributed by atoms with Crippen molar-refractivity contribution in [2.45, 2.75) is 39.0 Å².